The predicted molar refractivity (Wildman–Crippen MR) is 77.2 cm³/mol. The lowest BCUT2D eigenvalue weighted by atomic mass is 10.1. The summed E-state index contributed by atoms with van der Waals surface area (Å²) in [6, 6.07) is 3.20. The third kappa shape index (κ3) is 3.49. The summed E-state index contributed by atoms with van der Waals surface area (Å²) >= 11 is 5.68. The summed E-state index contributed by atoms with van der Waals surface area (Å²) in [6.07, 6.45) is 3.19. The van der Waals surface area contributed by atoms with E-state index >= 15 is 0 Å². The van der Waals surface area contributed by atoms with E-state index in [4.69, 9.17) is 16.3 Å². The maximum absolute atomic E-state index is 12.5. The molecule has 1 atom stereocenters. The van der Waals surface area contributed by atoms with Crippen LogP contribution in [0.3, 0.4) is 0 Å². The summed E-state index contributed by atoms with van der Waals surface area (Å²) in [4.78, 5) is 4.01. The smallest absolute Gasteiger partial charge is 0.260 e. The van der Waals surface area contributed by atoms with E-state index in [1.165, 1.54) is 16.6 Å². The summed E-state index contributed by atoms with van der Waals surface area (Å²) in [5, 5.41) is 0.0727. The van der Waals surface area contributed by atoms with E-state index in [-0.39, 0.29) is 11.1 Å². The van der Waals surface area contributed by atoms with Crippen molar-refractivity contribution in [3.8, 4) is 0 Å². The number of pyridine rings is 1. The number of nitrogens with zero attached hydrogens (tertiary/aromatic N) is 2. The van der Waals surface area contributed by atoms with Crippen molar-refractivity contribution < 1.29 is 13.2 Å². The van der Waals surface area contributed by atoms with E-state index in [0.29, 0.717) is 25.6 Å². The number of alkyl halides is 1. The Hall–Kier alpha value is -0.690. The summed E-state index contributed by atoms with van der Waals surface area (Å²) in [5.74, 6) is 0.323. The van der Waals surface area contributed by atoms with E-state index in [0.717, 1.165) is 18.4 Å². The number of halogens is 1. The summed E-state index contributed by atoms with van der Waals surface area (Å²) in [5.41, 5.74) is 0.802. The van der Waals surface area contributed by atoms with E-state index in [1.807, 2.05) is 6.92 Å². The van der Waals surface area contributed by atoms with E-state index in [1.54, 1.807) is 6.07 Å². The van der Waals surface area contributed by atoms with Crippen molar-refractivity contribution in [2.24, 2.45) is 0 Å². The lowest BCUT2D eigenvalue weighted by Crippen LogP contribution is -2.43. The number of rotatable bonds is 5. The van der Waals surface area contributed by atoms with Crippen molar-refractivity contribution in [2.75, 3.05) is 19.7 Å². The molecule has 1 unspecified atom stereocenters. The molecule has 0 aliphatic carbocycles. The topological polar surface area (TPSA) is 59.5 Å². The fourth-order valence-corrected chi connectivity index (χ4v) is 3.85. The molecule has 2 rings (SSSR count). The van der Waals surface area contributed by atoms with Crippen LogP contribution in [0.15, 0.2) is 23.4 Å². The average Bonchev–Trinajstić information content (AvgIpc) is 2.48. The van der Waals surface area contributed by atoms with Crippen LogP contribution in [0.2, 0.25) is 0 Å². The van der Waals surface area contributed by atoms with Crippen LogP contribution in [-0.2, 0) is 20.6 Å². The Bertz CT molecular complexity index is 531. The van der Waals surface area contributed by atoms with Gasteiger partial charge in [0.1, 0.15) is 0 Å². The predicted octanol–water partition coefficient (Wildman–Crippen LogP) is 2.01. The summed E-state index contributed by atoms with van der Waals surface area (Å²) in [6.45, 7) is 3.43. The molecule has 0 radical (unpaired) electrons. The second kappa shape index (κ2) is 6.85. The molecule has 1 aliphatic rings. The van der Waals surface area contributed by atoms with Gasteiger partial charge >= 0.3 is 0 Å². The van der Waals surface area contributed by atoms with Crippen molar-refractivity contribution in [1.82, 2.24) is 9.29 Å². The van der Waals surface area contributed by atoms with Crippen LogP contribution in [0.25, 0.3) is 0 Å². The molecular weight excluding hydrogens is 300 g/mol. The van der Waals surface area contributed by atoms with Gasteiger partial charge in [-0.2, -0.15) is 4.31 Å². The van der Waals surface area contributed by atoms with E-state index in [2.05, 4.69) is 4.98 Å². The largest absolute Gasteiger partial charge is 0.377 e. The molecular formula is C13H19ClN2O3S. The van der Waals surface area contributed by atoms with Crippen LogP contribution in [0.1, 0.15) is 25.3 Å². The van der Waals surface area contributed by atoms with Crippen molar-refractivity contribution in [1.29, 1.82) is 0 Å². The lowest BCUT2D eigenvalue weighted by molar-refractivity contribution is 0.0264. The Labute approximate surface area is 125 Å². The van der Waals surface area contributed by atoms with Crippen LogP contribution in [0.5, 0.6) is 0 Å². The third-order valence-corrected chi connectivity index (χ3v) is 5.39. The Morgan fingerprint density at radius 3 is 2.90 bits per heavy atom. The fraction of sp³-hybridized carbons (Fsp3) is 0.615. The quantitative estimate of drug-likeness (QED) is 0.779. The third-order valence-electron chi connectivity index (χ3n) is 3.30. The van der Waals surface area contributed by atoms with Gasteiger partial charge in [0, 0.05) is 31.8 Å². The first-order chi connectivity index (χ1) is 9.57. The van der Waals surface area contributed by atoms with Crippen LogP contribution in [0, 0.1) is 0 Å². The van der Waals surface area contributed by atoms with Gasteiger partial charge in [0.15, 0.2) is 5.03 Å². The van der Waals surface area contributed by atoms with Crippen LogP contribution >= 0.6 is 11.6 Å². The first-order valence-electron chi connectivity index (χ1n) is 6.70. The van der Waals surface area contributed by atoms with Crippen molar-refractivity contribution in [3.63, 3.8) is 0 Å². The second-order valence-electron chi connectivity index (χ2n) is 4.72. The monoisotopic (exact) mass is 318 g/mol. The molecule has 5 nitrogen and oxygen atoms in total. The Morgan fingerprint density at radius 1 is 1.50 bits per heavy atom. The molecule has 20 heavy (non-hydrogen) atoms. The Morgan fingerprint density at radius 2 is 2.30 bits per heavy atom. The molecule has 112 valence electrons. The van der Waals surface area contributed by atoms with Crippen molar-refractivity contribution in [2.45, 2.75) is 36.8 Å². The first-order valence-corrected chi connectivity index (χ1v) is 8.68. The average molecular weight is 319 g/mol. The molecule has 7 heteroatoms. The molecule has 2 heterocycles. The lowest BCUT2D eigenvalue weighted by Gasteiger charge is -2.31. The standard InChI is InChI=1S/C13H19ClN2O3S/c1-2-19-12-4-3-7-16(10-12)20(17,18)13-6-5-11(8-14)9-15-13/h5-6,9,12H,2-4,7-8,10H2,1H3. The van der Waals surface area contributed by atoms with Crippen LogP contribution in [-0.4, -0.2) is 43.5 Å². The van der Waals surface area contributed by atoms with E-state index in [9.17, 15) is 8.42 Å². The Balaban J connectivity index is 2.16. The van der Waals surface area contributed by atoms with Gasteiger partial charge in [-0.25, -0.2) is 13.4 Å². The molecule has 0 spiro atoms. The highest BCUT2D eigenvalue weighted by molar-refractivity contribution is 7.89. The van der Waals surface area contributed by atoms with Gasteiger partial charge in [-0.1, -0.05) is 6.07 Å². The van der Waals surface area contributed by atoms with Gasteiger partial charge in [0.05, 0.1) is 6.10 Å². The van der Waals surface area contributed by atoms with E-state index < -0.39 is 10.0 Å². The number of hydrogen-bond donors (Lipinski definition) is 0. The number of ether oxygens (including phenoxy) is 1. The highest BCUT2D eigenvalue weighted by Gasteiger charge is 2.31. The minimum absolute atomic E-state index is 0.0226. The molecule has 0 N–H and O–H groups in total. The molecule has 1 saturated heterocycles. The summed E-state index contributed by atoms with van der Waals surface area (Å²) in [7, 11) is -3.54. The van der Waals surface area contributed by atoms with Gasteiger partial charge in [-0.3, -0.25) is 0 Å². The van der Waals surface area contributed by atoms with Gasteiger partial charge in [0.25, 0.3) is 10.0 Å². The highest BCUT2D eigenvalue weighted by atomic mass is 35.5. The van der Waals surface area contributed by atoms with Crippen molar-refractivity contribution >= 4 is 21.6 Å². The maximum atomic E-state index is 12.5. The fourth-order valence-electron chi connectivity index (χ4n) is 2.27. The SMILES string of the molecule is CCOC1CCCN(S(=O)(=O)c2ccc(CCl)cn2)C1. The highest BCUT2D eigenvalue weighted by Crippen LogP contribution is 2.21. The number of aromatic nitrogens is 1. The van der Waals surface area contributed by atoms with Crippen LogP contribution < -0.4 is 0 Å². The zero-order chi connectivity index (χ0) is 14.6. The van der Waals surface area contributed by atoms with Gasteiger partial charge in [-0.05, 0) is 31.4 Å². The molecule has 0 amide bonds. The molecule has 0 bridgehead atoms. The second-order valence-corrected chi connectivity index (χ2v) is 6.87. The Kier molecular flexibility index (Phi) is 5.37. The normalized spacial score (nSPS) is 21.0. The van der Waals surface area contributed by atoms with Gasteiger partial charge in [0.2, 0.25) is 0 Å². The van der Waals surface area contributed by atoms with Crippen LogP contribution in [0.4, 0.5) is 0 Å². The minimum Gasteiger partial charge on any atom is -0.377 e. The first kappa shape index (κ1) is 15.7. The number of hydrogen-bond acceptors (Lipinski definition) is 4. The number of piperidine rings is 1. The molecule has 1 aromatic rings. The zero-order valence-electron chi connectivity index (χ0n) is 11.5. The zero-order valence-corrected chi connectivity index (χ0v) is 13.0. The molecule has 0 aromatic carbocycles. The van der Waals surface area contributed by atoms with Gasteiger partial charge in [-0.15, -0.1) is 11.6 Å². The molecule has 1 aromatic heterocycles. The number of sulfonamides is 1. The summed E-state index contributed by atoms with van der Waals surface area (Å²) < 4.78 is 32.0. The maximum Gasteiger partial charge on any atom is 0.260 e. The molecule has 0 saturated carbocycles. The molecule has 1 fully saturated rings. The van der Waals surface area contributed by atoms with Crippen molar-refractivity contribution in [3.05, 3.63) is 23.9 Å². The van der Waals surface area contributed by atoms with Gasteiger partial charge < -0.3 is 4.74 Å². The molecule has 1 aliphatic heterocycles. The minimum atomic E-state index is -3.54.